The van der Waals surface area contributed by atoms with Crippen molar-refractivity contribution in [2.24, 2.45) is 0 Å². The number of anilines is 1. The Hall–Kier alpha value is -1.61. The molecule has 0 saturated carbocycles. The molecule has 0 aliphatic heterocycles. The van der Waals surface area contributed by atoms with Crippen LogP contribution < -0.4 is 9.62 Å². The maximum Gasteiger partial charge on any atom is 0.211 e. The van der Waals surface area contributed by atoms with E-state index in [1.54, 1.807) is 23.1 Å². The minimum absolute atomic E-state index is 0.152. The number of thiazole rings is 1. The second-order valence-corrected chi connectivity index (χ2v) is 10.8. The van der Waals surface area contributed by atoms with Gasteiger partial charge in [0.25, 0.3) is 0 Å². The molecule has 0 bridgehead atoms. The molecule has 3 rings (SSSR count). The average Bonchev–Trinajstić information content (AvgIpc) is 3.12. The third-order valence-electron chi connectivity index (χ3n) is 4.25. The summed E-state index contributed by atoms with van der Waals surface area (Å²) in [5, 5.41) is 0. The Morgan fingerprint density at radius 2 is 1.82 bits per heavy atom. The normalized spacial score (nSPS) is 11.8. The van der Waals surface area contributed by atoms with Gasteiger partial charge in [0.1, 0.15) is 0 Å². The van der Waals surface area contributed by atoms with Crippen molar-refractivity contribution in [2.75, 3.05) is 36.5 Å². The number of para-hydroxylation sites is 2. The van der Waals surface area contributed by atoms with Crippen LogP contribution in [-0.2, 0) is 10.0 Å². The van der Waals surface area contributed by atoms with Crippen molar-refractivity contribution in [3.05, 3.63) is 54.6 Å². The number of aromatic nitrogens is 1. The molecule has 2 aromatic carbocycles. The molecule has 1 heterocycles. The van der Waals surface area contributed by atoms with Gasteiger partial charge >= 0.3 is 0 Å². The van der Waals surface area contributed by atoms with Crippen molar-refractivity contribution < 1.29 is 8.42 Å². The minimum Gasteiger partial charge on any atom is -0.375 e. The van der Waals surface area contributed by atoms with Gasteiger partial charge in [-0.15, -0.1) is 11.3 Å². The molecule has 28 heavy (non-hydrogen) atoms. The van der Waals surface area contributed by atoms with Crippen LogP contribution in [0.15, 0.2) is 58.9 Å². The van der Waals surface area contributed by atoms with Crippen LogP contribution in [0.5, 0.6) is 0 Å². The molecule has 0 aliphatic carbocycles. The molecule has 0 saturated heterocycles. The summed E-state index contributed by atoms with van der Waals surface area (Å²) in [6.07, 6.45) is 1.38. The van der Waals surface area contributed by atoms with Gasteiger partial charge in [0, 0.05) is 31.6 Å². The van der Waals surface area contributed by atoms with Gasteiger partial charge in [-0.2, -0.15) is 0 Å². The van der Waals surface area contributed by atoms with E-state index in [0.717, 1.165) is 34.3 Å². The summed E-state index contributed by atoms with van der Waals surface area (Å²) >= 11 is 3.28. The lowest BCUT2D eigenvalue weighted by atomic mass is 10.3. The zero-order chi connectivity index (χ0) is 19.8. The van der Waals surface area contributed by atoms with Crippen molar-refractivity contribution in [3.8, 4) is 0 Å². The molecule has 0 atom stereocenters. The molecular formula is C20H25N3O2S3. The highest BCUT2D eigenvalue weighted by Crippen LogP contribution is 2.29. The van der Waals surface area contributed by atoms with Gasteiger partial charge in [0.2, 0.25) is 10.0 Å². The first kappa shape index (κ1) is 21.1. The SMILES string of the molecule is CN(CCCNS(=O)(=O)CCCSc1nc2ccccc2s1)c1ccccc1. The van der Waals surface area contributed by atoms with Crippen molar-refractivity contribution in [3.63, 3.8) is 0 Å². The van der Waals surface area contributed by atoms with Gasteiger partial charge in [0.05, 0.1) is 16.0 Å². The van der Waals surface area contributed by atoms with Crippen LogP contribution in [0.3, 0.4) is 0 Å². The Morgan fingerprint density at radius 1 is 1.07 bits per heavy atom. The second kappa shape index (κ2) is 10.2. The maximum atomic E-state index is 12.2. The van der Waals surface area contributed by atoms with Crippen LogP contribution in [0.2, 0.25) is 0 Å². The zero-order valence-corrected chi connectivity index (χ0v) is 18.3. The van der Waals surface area contributed by atoms with Gasteiger partial charge in [-0.05, 0) is 37.1 Å². The van der Waals surface area contributed by atoms with E-state index in [9.17, 15) is 8.42 Å². The van der Waals surface area contributed by atoms with Gasteiger partial charge in [-0.3, -0.25) is 0 Å². The molecule has 0 fully saturated rings. The van der Waals surface area contributed by atoms with Gasteiger partial charge in [0.15, 0.2) is 4.34 Å². The lowest BCUT2D eigenvalue weighted by molar-refractivity contribution is 0.578. The number of benzene rings is 2. The van der Waals surface area contributed by atoms with E-state index in [4.69, 9.17) is 0 Å². The molecule has 1 aromatic heterocycles. The van der Waals surface area contributed by atoms with Crippen molar-refractivity contribution in [1.82, 2.24) is 9.71 Å². The Bertz CT molecular complexity index is 942. The van der Waals surface area contributed by atoms with Crippen molar-refractivity contribution in [2.45, 2.75) is 17.2 Å². The molecule has 1 N–H and O–H groups in total. The molecule has 8 heteroatoms. The van der Waals surface area contributed by atoms with Crippen LogP contribution >= 0.6 is 23.1 Å². The van der Waals surface area contributed by atoms with E-state index in [1.165, 1.54) is 4.70 Å². The van der Waals surface area contributed by atoms with Gasteiger partial charge < -0.3 is 4.90 Å². The first-order valence-corrected chi connectivity index (χ1v) is 12.7. The first-order chi connectivity index (χ1) is 13.5. The smallest absolute Gasteiger partial charge is 0.211 e. The highest BCUT2D eigenvalue weighted by atomic mass is 32.2. The van der Waals surface area contributed by atoms with Crippen LogP contribution in [0.25, 0.3) is 10.2 Å². The molecule has 0 radical (unpaired) electrons. The highest BCUT2D eigenvalue weighted by Gasteiger charge is 2.10. The summed E-state index contributed by atoms with van der Waals surface area (Å²) in [5.41, 5.74) is 2.14. The number of nitrogens with one attached hydrogen (secondary N) is 1. The number of hydrogen-bond acceptors (Lipinski definition) is 6. The predicted octanol–water partition coefficient (Wildman–Crippen LogP) is 4.22. The highest BCUT2D eigenvalue weighted by molar-refractivity contribution is 8.01. The number of nitrogens with zero attached hydrogens (tertiary/aromatic N) is 2. The topological polar surface area (TPSA) is 62.3 Å². The first-order valence-electron chi connectivity index (χ1n) is 9.25. The Morgan fingerprint density at radius 3 is 2.61 bits per heavy atom. The molecule has 0 aliphatic rings. The number of rotatable bonds is 11. The molecule has 3 aromatic rings. The van der Waals surface area contributed by atoms with Crippen molar-refractivity contribution in [1.29, 1.82) is 0 Å². The van der Waals surface area contributed by atoms with E-state index in [0.29, 0.717) is 13.0 Å². The monoisotopic (exact) mass is 435 g/mol. The molecule has 0 unspecified atom stereocenters. The minimum atomic E-state index is -3.22. The second-order valence-electron chi connectivity index (χ2n) is 6.47. The summed E-state index contributed by atoms with van der Waals surface area (Å²) < 4.78 is 29.2. The fourth-order valence-electron chi connectivity index (χ4n) is 2.75. The molecular weight excluding hydrogens is 410 g/mol. The summed E-state index contributed by atoms with van der Waals surface area (Å²) in [6.45, 7) is 1.27. The number of thioether (sulfide) groups is 1. The number of hydrogen-bond donors (Lipinski definition) is 1. The summed E-state index contributed by atoms with van der Waals surface area (Å²) in [7, 11) is -1.21. The Labute approximate surface area is 175 Å². The van der Waals surface area contributed by atoms with Crippen molar-refractivity contribution >= 4 is 49.0 Å². The largest absolute Gasteiger partial charge is 0.375 e. The average molecular weight is 436 g/mol. The van der Waals surface area contributed by atoms with Crippen LogP contribution in [0.1, 0.15) is 12.8 Å². The van der Waals surface area contributed by atoms with E-state index in [1.807, 2.05) is 55.6 Å². The van der Waals surface area contributed by atoms with Gasteiger partial charge in [-0.25, -0.2) is 18.1 Å². The lowest BCUT2D eigenvalue weighted by Crippen LogP contribution is -2.30. The Kier molecular flexibility index (Phi) is 7.73. The molecule has 0 spiro atoms. The number of fused-ring (bicyclic) bond motifs is 1. The van der Waals surface area contributed by atoms with Crippen LogP contribution in [0.4, 0.5) is 5.69 Å². The fourth-order valence-corrected chi connectivity index (χ4v) is 6.13. The summed E-state index contributed by atoms with van der Waals surface area (Å²) in [4.78, 5) is 6.69. The quantitative estimate of drug-likeness (QED) is 0.361. The molecule has 0 amide bonds. The third-order valence-corrected chi connectivity index (χ3v) is 7.98. The van der Waals surface area contributed by atoms with Crippen LogP contribution in [0, 0.1) is 0 Å². The molecule has 150 valence electrons. The van der Waals surface area contributed by atoms with E-state index >= 15 is 0 Å². The maximum absolute atomic E-state index is 12.2. The van der Waals surface area contributed by atoms with E-state index in [2.05, 4.69) is 20.7 Å². The number of sulfonamides is 1. The zero-order valence-electron chi connectivity index (χ0n) is 15.9. The fraction of sp³-hybridized carbons (Fsp3) is 0.350. The van der Waals surface area contributed by atoms with Crippen LogP contribution in [-0.4, -0.2) is 45.0 Å². The van der Waals surface area contributed by atoms with Gasteiger partial charge in [-0.1, -0.05) is 42.1 Å². The standard InChI is InChI=1S/C20H25N3O2S3/c1-23(17-9-3-2-4-10-17)14-7-13-21-28(24,25)16-8-15-26-20-22-18-11-5-6-12-19(18)27-20/h2-6,9-12,21H,7-8,13-16H2,1H3. The molecule has 5 nitrogen and oxygen atoms in total. The Balaban J connectivity index is 1.32. The third kappa shape index (κ3) is 6.48. The van der Waals surface area contributed by atoms with E-state index in [-0.39, 0.29) is 5.75 Å². The summed E-state index contributed by atoms with van der Waals surface area (Å²) in [5.74, 6) is 0.900. The van der Waals surface area contributed by atoms with E-state index < -0.39 is 10.0 Å². The predicted molar refractivity (Wildman–Crippen MR) is 121 cm³/mol. The lowest BCUT2D eigenvalue weighted by Gasteiger charge is -2.19. The summed E-state index contributed by atoms with van der Waals surface area (Å²) in [6, 6.07) is 18.1.